The van der Waals surface area contributed by atoms with Crippen molar-refractivity contribution in [3.8, 4) is 5.75 Å². The number of hydrogen-bond acceptors (Lipinski definition) is 4. The molecule has 1 rings (SSSR count). The van der Waals surface area contributed by atoms with Gasteiger partial charge < -0.3 is 19.7 Å². The van der Waals surface area contributed by atoms with E-state index < -0.39 is 0 Å². The van der Waals surface area contributed by atoms with Gasteiger partial charge in [0.1, 0.15) is 5.75 Å². The molecule has 0 amide bonds. The van der Waals surface area contributed by atoms with Crippen molar-refractivity contribution in [3.63, 3.8) is 0 Å². The standard InChI is InChI=1S/C19H31N3O3/c1-20-19(21-14-10-6-5-7-13-18(23)25-4)22(2)15-16-11-8-9-12-17(16)24-3/h8-9,11-12H,5-7,10,13-15H2,1-4H3,(H,20,21). The molecule has 6 heteroatoms. The fourth-order valence-corrected chi connectivity index (χ4v) is 2.60. The number of carbonyl (C=O) groups is 1. The highest BCUT2D eigenvalue weighted by molar-refractivity contribution is 5.79. The van der Waals surface area contributed by atoms with Crippen LogP contribution < -0.4 is 10.1 Å². The number of benzene rings is 1. The first-order valence-corrected chi connectivity index (χ1v) is 8.72. The number of hydrogen-bond donors (Lipinski definition) is 1. The smallest absolute Gasteiger partial charge is 0.305 e. The van der Waals surface area contributed by atoms with Gasteiger partial charge >= 0.3 is 5.97 Å². The first-order chi connectivity index (χ1) is 12.1. The Bertz CT molecular complexity index is 546. The number of guanidine groups is 1. The molecule has 0 aromatic heterocycles. The molecule has 0 saturated carbocycles. The van der Waals surface area contributed by atoms with Crippen LogP contribution in [-0.4, -0.2) is 51.7 Å². The first kappa shape index (κ1) is 20.8. The molecule has 140 valence electrons. The molecule has 0 unspecified atom stereocenters. The minimum atomic E-state index is -0.128. The summed E-state index contributed by atoms with van der Waals surface area (Å²) in [6, 6.07) is 8.00. The van der Waals surface area contributed by atoms with Gasteiger partial charge in [-0.15, -0.1) is 0 Å². The van der Waals surface area contributed by atoms with Crippen LogP contribution in [0.25, 0.3) is 0 Å². The van der Waals surface area contributed by atoms with E-state index in [9.17, 15) is 4.79 Å². The molecule has 0 aliphatic rings. The summed E-state index contributed by atoms with van der Waals surface area (Å²) in [6.45, 7) is 1.59. The quantitative estimate of drug-likeness (QED) is 0.305. The van der Waals surface area contributed by atoms with Gasteiger partial charge in [-0.05, 0) is 18.9 Å². The van der Waals surface area contributed by atoms with E-state index in [4.69, 9.17) is 4.74 Å². The minimum Gasteiger partial charge on any atom is -0.496 e. The Morgan fingerprint density at radius 1 is 1.16 bits per heavy atom. The number of esters is 1. The summed E-state index contributed by atoms with van der Waals surface area (Å²) in [5, 5.41) is 3.38. The number of ether oxygens (including phenoxy) is 2. The molecule has 0 atom stereocenters. The van der Waals surface area contributed by atoms with E-state index in [1.165, 1.54) is 7.11 Å². The van der Waals surface area contributed by atoms with Crippen molar-refractivity contribution in [2.75, 3.05) is 34.9 Å². The zero-order valence-corrected chi connectivity index (χ0v) is 15.9. The van der Waals surface area contributed by atoms with Crippen LogP contribution in [-0.2, 0) is 16.1 Å². The maximum absolute atomic E-state index is 11.0. The summed E-state index contributed by atoms with van der Waals surface area (Å²) < 4.78 is 10.0. The molecule has 0 saturated heterocycles. The molecule has 1 N–H and O–H groups in total. The summed E-state index contributed by atoms with van der Waals surface area (Å²) in [7, 11) is 6.92. The van der Waals surface area contributed by atoms with E-state index in [1.807, 2.05) is 25.2 Å². The third-order valence-electron chi connectivity index (χ3n) is 3.99. The van der Waals surface area contributed by atoms with Gasteiger partial charge in [0, 0.05) is 39.2 Å². The van der Waals surface area contributed by atoms with E-state index in [2.05, 4.69) is 26.0 Å². The van der Waals surface area contributed by atoms with Crippen LogP contribution in [0.15, 0.2) is 29.3 Å². The molecule has 1 aromatic rings. The summed E-state index contributed by atoms with van der Waals surface area (Å²) in [5.41, 5.74) is 1.12. The summed E-state index contributed by atoms with van der Waals surface area (Å²) in [5.74, 6) is 1.62. The maximum Gasteiger partial charge on any atom is 0.305 e. The third-order valence-corrected chi connectivity index (χ3v) is 3.99. The van der Waals surface area contributed by atoms with Crippen molar-refractivity contribution in [2.24, 2.45) is 4.99 Å². The highest BCUT2D eigenvalue weighted by atomic mass is 16.5. The number of unbranched alkanes of at least 4 members (excludes halogenated alkanes) is 3. The van der Waals surface area contributed by atoms with Gasteiger partial charge in [-0.3, -0.25) is 9.79 Å². The number of para-hydroxylation sites is 1. The van der Waals surface area contributed by atoms with Crippen molar-refractivity contribution in [3.05, 3.63) is 29.8 Å². The van der Waals surface area contributed by atoms with Gasteiger partial charge in [0.2, 0.25) is 0 Å². The third kappa shape index (κ3) is 7.92. The predicted molar refractivity (Wildman–Crippen MR) is 101 cm³/mol. The lowest BCUT2D eigenvalue weighted by molar-refractivity contribution is -0.140. The van der Waals surface area contributed by atoms with Crippen LogP contribution in [0.5, 0.6) is 5.75 Å². The highest BCUT2D eigenvalue weighted by Gasteiger charge is 2.09. The molecule has 0 bridgehead atoms. The summed E-state index contributed by atoms with van der Waals surface area (Å²) in [6.07, 6.45) is 4.55. The van der Waals surface area contributed by atoms with E-state index in [1.54, 1.807) is 14.2 Å². The van der Waals surface area contributed by atoms with Crippen molar-refractivity contribution < 1.29 is 14.3 Å². The second-order valence-electron chi connectivity index (χ2n) is 5.88. The molecule has 0 spiro atoms. The Morgan fingerprint density at radius 3 is 2.56 bits per heavy atom. The predicted octanol–water partition coefficient (Wildman–Crippen LogP) is 2.83. The second kappa shape index (κ2) is 12.2. The molecule has 0 aliphatic heterocycles. The summed E-state index contributed by atoms with van der Waals surface area (Å²) >= 11 is 0. The fraction of sp³-hybridized carbons (Fsp3) is 0.579. The molecular formula is C19H31N3O3. The topological polar surface area (TPSA) is 63.2 Å². The first-order valence-electron chi connectivity index (χ1n) is 8.72. The molecule has 0 fully saturated rings. The Labute approximate surface area is 151 Å². The minimum absolute atomic E-state index is 0.128. The van der Waals surface area contributed by atoms with Crippen LogP contribution in [0.2, 0.25) is 0 Å². The number of aliphatic imine (C=N–C) groups is 1. The number of carbonyl (C=O) groups excluding carboxylic acids is 1. The lowest BCUT2D eigenvalue weighted by Crippen LogP contribution is -2.38. The van der Waals surface area contributed by atoms with Gasteiger partial charge in [0.25, 0.3) is 0 Å². The second-order valence-corrected chi connectivity index (χ2v) is 5.88. The Kier molecular flexibility index (Phi) is 10.1. The number of rotatable bonds is 10. The molecule has 6 nitrogen and oxygen atoms in total. The molecule has 1 aromatic carbocycles. The summed E-state index contributed by atoms with van der Waals surface area (Å²) in [4.78, 5) is 17.5. The van der Waals surface area contributed by atoms with Crippen LogP contribution in [0, 0.1) is 0 Å². The normalized spacial score (nSPS) is 11.1. The average Bonchev–Trinajstić information content (AvgIpc) is 2.64. The van der Waals surface area contributed by atoms with Crippen LogP contribution in [0.3, 0.4) is 0 Å². The zero-order valence-electron chi connectivity index (χ0n) is 15.9. The number of nitrogens with zero attached hydrogens (tertiary/aromatic N) is 2. The SMILES string of the molecule is CN=C(NCCCCCCC(=O)OC)N(C)Cc1ccccc1OC. The largest absolute Gasteiger partial charge is 0.496 e. The maximum atomic E-state index is 11.0. The molecule has 25 heavy (non-hydrogen) atoms. The van der Waals surface area contributed by atoms with Crippen molar-refractivity contribution >= 4 is 11.9 Å². The highest BCUT2D eigenvalue weighted by Crippen LogP contribution is 2.18. The molecular weight excluding hydrogens is 318 g/mol. The Morgan fingerprint density at radius 2 is 1.88 bits per heavy atom. The van der Waals surface area contributed by atoms with E-state index in [-0.39, 0.29) is 5.97 Å². The van der Waals surface area contributed by atoms with E-state index in [0.29, 0.717) is 6.42 Å². The monoisotopic (exact) mass is 349 g/mol. The number of nitrogens with one attached hydrogen (secondary N) is 1. The van der Waals surface area contributed by atoms with Crippen LogP contribution in [0.1, 0.15) is 37.7 Å². The fourth-order valence-electron chi connectivity index (χ4n) is 2.60. The average molecular weight is 349 g/mol. The Balaban J connectivity index is 2.30. The van der Waals surface area contributed by atoms with E-state index >= 15 is 0 Å². The van der Waals surface area contributed by atoms with Crippen molar-refractivity contribution in [1.82, 2.24) is 10.2 Å². The van der Waals surface area contributed by atoms with Gasteiger partial charge in [-0.1, -0.05) is 31.0 Å². The van der Waals surface area contributed by atoms with Gasteiger partial charge in [0.05, 0.1) is 14.2 Å². The lowest BCUT2D eigenvalue weighted by Gasteiger charge is -2.23. The van der Waals surface area contributed by atoms with Crippen molar-refractivity contribution in [1.29, 1.82) is 0 Å². The Hall–Kier alpha value is -2.24. The van der Waals surface area contributed by atoms with Crippen LogP contribution >= 0.6 is 0 Å². The van der Waals surface area contributed by atoms with Gasteiger partial charge in [-0.25, -0.2) is 0 Å². The van der Waals surface area contributed by atoms with Gasteiger partial charge in [0.15, 0.2) is 5.96 Å². The van der Waals surface area contributed by atoms with Crippen LogP contribution in [0.4, 0.5) is 0 Å². The lowest BCUT2D eigenvalue weighted by atomic mass is 10.1. The van der Waals surface area contributed by atoms with Crippen molar-refractivity contribution in [2.45, 2.75) is 38.6 Å². The molecule has 0 radical (unpaired) electrons. The number of methoxy groups -OCH3 is 2. The van der Waals surface area contributed by atoms with Gasteiger partial charge in [-0.2, -0.15) is 0 Å². The molecule has 0 aliphatic carbocycles. The van der Waals surface area contributed by atoms with E-state index in [0.717, 1.165) is 56.0 Å². The zero-order chi connectivity index (χ0) is 18.5. The molecule has 0 heterocycles.